The lowest BCUT2D eigenvalue weighted by molar-refractivity contribution is 0.0197. The summed E-state index contributed by atoms with van der Waals surface area (Å²) in [6.07, 6.45) is 8.65. The van der Waals surface area contributed by atoms with Crippen molar-refractivity contribution in [1.29, 1.82) is 0 Å². The normalized spacial score (nSPS) is 19.1. The number of aromatic nitrogens is 3. The van der Waals surface area contributed by atoms with Gasteiger partial charge in [-0.25, -0.2) is 4.79 Å². The van der Waals surface area contributed by atoms with Crippen LogP contribution in [0.5, 0.6) is 0 Å². The highest BCUT2D eigenvalue weighted by Crippen LogP contribution is 2.26. The average molecular weight is 290 g/mol. The molecule has 0 saturated carbocycles. The molecule has 1 unspecified atom stereocenters. The smallest absolute Gasteiger partial charge is 0.410 e. The van der Waals surface area contributed by atoms with E-state index in [1.165, 1.54) is 4.80 Å². The number of carbonyl (C=O) groups excluding carboxylic acids is 1. The van der Waals surface area contributed by atoms with Crippen molar-refractivity contribution >= 4 is 6.09 Å². The number of amides is 1. The Labute approximate surface area is 125 Å². The zero-order valence-electron chi connectivity index (χ0n) is 12.9. The maximum absolute atomic E-state index is 12.1. The van der Waals surface area contributed by atoms with Gasteiger partial charge in [0.1, 0.15) is 12.1 Å². The number of terminal acetylenes is 1. The molecule has 0 radical (unpaired) electrons. The Bertz CT molecular complexity index is 539. The second-order valence-electron chi connectivity index (χ2n) is 6.27. The number of rotatable bonds is 2. The molecule has 1 aromatic rings. The second kappa shape index (κ2) is 6.17. The summed E-state index contributed by atoms with van der Waals surface area (Å²) in [5, 5.41) is 8.52. The van der Waals surface area contributed by atoms with Crippen LogP contribution in [-0.4, -0.2) is 44.7 Å². The average Bonchev–Trinajstić information content (AvgIpc) is 2.86. The van der Waals surface area contributed by atoms with Gasteiger partial charge in [0, 0.05) is 19.0 Å². The predicted octanol–water partition coefficient (Wildman–Crippen LogP) is 2.03. The molecule has 1 fully saturated rings. The van der Waals surface area contributed by atoms with Crippen LogP contribution < -0.4 is 0 Å². The van der Waals surface area contributed by atoms with E-state index in [2.05, 4.69) is 16.1 Å². The molecule has 0 spiro atoms. The van der Waals surface area contributed by atoms with Gasteiger partial charge in [0.2, 0.25) is 0 Å². The maximum atomic E-state index is 12.1. The maximum Gasteiger partial charge on any atom is 0.410 e. The third-order valence-corrected chi connectivity index (χ3v) is 3.28. The van der Waals surface area contributed by atoms with Crippen LogP contribution in [-0.2, 0) is 11.3 Å². The van der Waals surface area contributed by atoms with Crippen LogP contribution in [0, 0.1) is 12.3 Å². The van der Waals surface area contributed by atoms with Crippen LogP contribution in [0.25, 0.3) is 0 Å². The van der Waals surface area contributed by atoms with E-state index in [0.717, 1.165) is 25.1 Å². The quantitative estimate of drug-likeness (QED) is 0.782. The summed E-state index contributed by atoms with van der Waals surface area (Å²) in [7, 11) is 0. The van der Waals surface area contributed by atoms with Gasteiger partial charge in [-0.1, -0.05) is 5.92 Å². The minimum Gasteiger partial charge on any atom is -0.444 e. The molecule has 0 aliphatic carbocycles. The first-order chi connectivity index (χ1) is 9.89. The number of hydrogen-bond donors (Lipinski definition) is 0. The molecule has 1 aromatic heterocycles. The molecule has 114 valence electrons. The molecule has 1 atom stereocenters. The number of piperidine rings is 1. The van der Waals surface area contributed by atoms with Crippen molar-refractivity contribution in [3.8, 4) is 12.3 Å². The third kappa shape index (κ3) is 4.22. The van der Waals surface area contributed by atoms with Gasteiger partial charge in [0.15, 0.2) is 0 Å². The van der Waals surface area contributed by atoms with Crippen LogP contribution >= 0.6 is 0 Å². The van der Waals surface area contributed by atoms with Gasteiger partial charge in [-0.15, -0.1) is 6.42 Å². The van der Waals surface area contributed by atoms with Crippen molar-refractivity contribution in [2.45, 2.75) is 51.7 Å². The second-order valence-corrected chi connectivity index (χ2v) is 6.27. The molecule has 0 N–H and O–H groups in total. The topological polar surface area (TPSA) is 60.2 Å². The van der Waals surface area contributed by atoms with Gasteiger partial charge in [-0.2, -0.15) is 15.0 Å². The summed E-state index contributed by atoms with van der Waals surface area (Å²) >= 11 is 0. The number of nitrogens with zero attached hydrogens (tertiary/aromatic N) is 4. The highest BCUT2D eigenvalue weighted by atomic mass is 16.6. The molecule has 2 rings (SSSR count). The standard InChI is InChI=1S/C15H22N4O2/c1-5-8-19-16-10-13(17-19)12-7-6-9-18(11-12)14(20)21-15(2,3)4/h1,10,12H,6-9,11H2,2-4H3. The lowest BCUT2D eigenvalue weighted by atomic mass is 9.96. The summed E-state index contributed by atoms with van der Waals surface area (Å²) in [5.41, 5.74) is 0.415. The fraction of sp³-hybridized carbons (Fsp3) is 0.667. The van der Waals surface area contributed by atoms with Gasteiger partial charge in [-0.3, -0.25) is 0 Å². The first-order valence-electron chi connectivity index (χ1n) is 7.20. The van der Waals surface area contributed by atoms with E-state index in [9.17, 15) is 4.79 Å². The SMILES string of the molecule is C#CCn1ncc(C2CCCN(C(=O)OC(C)(C)C)C2)n1. The van der Waals surface area contributed by atoms with Crippen molar-refractivity contribution in [3.63, 3.8) is 0 Å². The number of likely N-dealkylation sites (tertiary alicyclic amines) is 1. The molecule has 2 heterocycles. The summed E-state index contributed by atoms with van der Waals surface area (Å²) in [4.78, 5) is 15.4. The Morgan fingerprint density at radius 2 is 2.33 bits per heavy atom. The van der Waals surface area contributed by atoms with Crippen molar-refractivity contribution in [2.24, 2.45) is 0 Å². The van der Waals surface area contributed by atoms with Crippen molar-refractivity contribution < 1.29 is 9.53 Å². The number of carbonyl (C=O) groups is 1. The van der Waals surface area contributed by atoms with Crippen LogP contribution in [0.4, 0.5) is 4.79 Å². The highest BCUT2D eigenvalue weighted by molar-refractivity contribution is 5.68. The molecule has 1 aliphatic rings. The summed E-state index contributed by atoms with van der Waals surface area (Å²) < 4.78 is 5.42. The Kier molecular flexibility index (Phi) is 4.51. The van der Waals surface area contributed by atoms with Crippen LogP contribution in [0.1, 0.15) is 45.2 Å². The fourth-order valence-corrected chi connectivity index (χ4v) is 2.37. The lowest BCUT2D eigenvalue weighted by Crippen LogP contribution is -2.42. The molecular weight excluding hydrogens is 268 g/mol. The molecule has 0 aromatic carbocycles. The van der Waals surface area contributed by atoms with Crippen LogP contribution in [0.3, 0.4) is 0 Å². The third-order valence-electron chi connectivity index (χ3n) is 3.28. The van der Waals surface area contributed by atoms with Crippen LogP contribution in [0.15, 0.2) is 6.20 Å². The van der Waals surface area contributed by atoms with Gasteiger partial charge in [0.05, 0.1) is 11.9 Å². The Morgan fingerprint density at radius 3 is 3.00 bits per heavy atom. The van der Waals surface area contributed by atoms with E-state index in [0.29, 0.717) is 13.1 Å². The van der Waals surface area contributed by atoms with E-state index < -0.39 is 5.60 Å². The van der Waals surface area contributed by atoms with Gasteiger partial charge in [-0.05, 0) is 33.6 Å². The van der Waals surface area contributed by atoms with E-state index in [4.69, 9.17) is 11.2 Å². The largest absolute Gasteiger partial charge is 0.444 e. The minimum atomic E-state index is -0.472. The molecule has 6 heteroatoms. The summed E-state index contributed by atoms with van der Waals surface area (Å²) in [5.74, 6) is 2.70. The monoisotopic (exact) mass is 290 g/mol. The zero-order chi connectivity index (χ0) is 15.5. The fourth-order valence-electron chi connectivity index (χ4n) is 2.37. The van der Waals surface area contributed by atoms with Gasteiger partial charge in [0.25, 0.3) is 0 Å². The molecule has 1 amide bonds. The molecule has 0 bridgehead atoms. The van der Waals surface area contributed by atoms with E-state index in [1.54, 1.807) is 11.1 Å². The first kappa shape index (κ1) is 15.4. The lowest BCUT2D eigenvalue weighted by Gasteiger charge is -2.33. The number of ether oxygens (including phenoxy) is 1. The van der Waals surface area contributed by atoms with Gasteiger partial charge >= 0.3 is 6.09 Å². The molecule has 1 aliphatic heterocycles. The molecule has 1 saturated heterocycles. The first-order valence-corrected chi connectivity index (χ1v) is 7.20. The van der Waals surface area contributed by atoms with E-state index in [-0.39, 0.29) is 12.0 Å². The van der Waals surface area contributed by atoms with Crippen molar-refractivity contribution in [3.05, 3.63) is 11.9 Å². The molecule has 6 nitrogen and oxygen atoms in total. The van der Waals surface area contributed by atoms with Gasteiger partial charge < -0.3 is 9.64 Å². The summed E-state index contributed by atoms with van der Waals surface area (Å²) in [6, 6.07) is 0. The molecule has 21 heavy (non-hydrogen) atoms. The Balaban J connectivity index is 2.00. The molecular formula is C15H22N4O2. The Morgan fingerprint density at radius 1 is 1.57 bits per heavy atom. The van der Waals surface area contributed by atoms with Crippen molar-refractivity contribution in [2.75, 3.05) is 13.1 Å². The zero-order valence-corrected chi connectivity index (χ0v) is 12.9. The van der Waals surface area contributed by atoms with Crippen LogP contribution in [0.2, 0.25) is 0 Å². The minimum absolute atomic E-state index is 0.192. The number of hydrogen-bond acceptors (Lipinski definition) is 4. The highest BCUT2D eigenvalue weighted by Gasteiger charge is 2.29. The Hall–Kier alpha value is -2.03. The van der Waals surface area contributed by atoms with E-state index >= 15 is 0 Å². The van der Waals surface area contributed by atoms with Crippen molar-refractivity contribution in [1.82, 2.24) is 19.9 Å². The van der Waals surface area contributed by atoms with E-state index in [1.807, 2.05) is 20.8 Å². The summed E-state index contributed by atoms with van der Waals surface area (Å²) in [6.45, 7) is 7.32. The predicted molar refractivity (Wildman–Crippen MR) is 78.6 cm³/mol.